The summed E-state index contributed by atoms with van der Waals surface area (Å²) in [5, 5.41) is 0. The first-order chi connectivity index (χ1) is 5.55. The second kappa shape index (κ2) is 3.33. The molecular weight excluding hydrogens is 200 g/mol. The highest BCUT2D eigenvalue weighted by Crippen LogP contribution is 2.25. The van der Waals surface area contributed by atoms with Crippen LogP contribution in [0.2, 0.25) is 0 Å². The molecule has 0 N–H and O–H groups in total. The van der Waals surface area contributed by atoms with Crippen LogP contribution in [0.5, 0.6) is 5.75 Å². The summed E-state index contributed by atoms with van der Waals surface area (Å²) >= 11 is 0. The Morgan fingerprint density at radius 2 is 2.25 bits per heavy atom. The van der Waals surface area contributed by atoms with E-state index >= 15 is 0 Å². The molecule has 0 spiro atoms. The van der Waals surface area contributed by atoms with Crippen LogP contribution in [0.3, 0.4) is 0 Å². The van der Waals surface area contributed by atoms with Crippen LogP contribution in [0, 0.1) is 6.07 Å². The molecule has 0 saturated carbocycles. The Balaban J connectivity index is 3.33. The van der Waals surface area contributed by atoms with Gasteiger partial charge in [0.2, 0.25) is 0 Å². The minimum absolute atomic E-state index is 0.0610. The van der Waals surface area contributed by atoms with Crippen LogP contribution in [0.4, 0.5) is 0 Å². The van der Waals surface area contributed by atoms with E-state index in [4.69, 9.17) is 15.4 Å². The van der Waals surface area contributed by atoms with E-state index in [0.29, 0.717) is 0 Å². The topological polar surface area (TPSA) is 43.4 Å². The number of halogens is 1. The maximum Gasteiger partial charge on any atom is 0.265 e. The third kappa shape index (κ3) is 1.89. The monoisotopic (exact) mass is 205 g/mol. The van der Waals surface area contributed by atoms with E-state index in [0.717, 1.165) is 0 Å². The van der Waals surface area contributed by atoms with Crippen molar-refractivity contribution in [1.82, 2.24) is 0 Å². The molecule has 0 fully saturated rings. The van der Waals surface area contributed by atoms with Gasteiger partial charge in [-0.15, -0.1) is 0 Å². The van der Waals surface area contributed by atoms with Gasteiger partial charge in [-0.1, -0.05) is 6.07 Å². The Labute approximate surface area is 75.3 Å². The molecule has 65 valence electrons. The molecule has 0 atom stereocenters. The van der Waals surface area contributed by atoms with E-state index in [2.05, 4.69) is 6.07 Å². The van der Waals surface area contributed by atoms with Gasteiger partial charge in [-0.05, 0) is 18.2 Å². The molecule has 0 saturated heterocycles. The Hall–Kier alpha value is -0.740. The molecule has 1 aromatic carbocycles. The Bertz CT molecular complexity index is 372. The lowest BCUT2D eigenvalue weighted by molar-refractivity contribution is 0.403. The van der Waals surface area contributed by atoms with Crippen LogP contribution in [-0.4, -0.2) is 15.5 Å². The van der Waals surface area contributed by atoms with Crippen LogP contribution in [0.25, 0.3) is 0 Å². The second-order valence-corrected chi connectivity index (χ2v) is 4.55. The molecule has 1 rings (SSSR count). The van der Waals surface area contributed by atoms with Crippen molar-refractivity contribution < 1.29 is 13.2 Å². The van der Waals surface area contributed by atoms with Gasteiger partial charge in [0, 0.05) is 10.7 Å². The lowest BCUT2D eigenvalue weighted by atomic mass is 10.3. The highest BCUT2D eigenvalue weighted by atomic mass is 35.7. The van der Waals surface area contributed by atoms with Crippen molar-refractivity contribution in [3.63, 3.8) is 0 Å². The number of methoxy groups -OCH3 is 1. The fourth-order valence-electron chi connectivity index (χ4n) is 0.760. The summed E-state index contributed by atoms with van der Waals surface area (Å²) < 4.78 is 26.5. The number of hydrogen-bond acceptors (Lipinski definition) is 3. The van der Waals surface area contributed by atoms with Crippen molar-refractivity contribution in [2.24, 2.45) is 0 Å². The van der Waals surface area contributed by atoms with Crippen LogP contribution < -0.4 is 4.74 Å². The molecule has 12 heavy (non-hydrogen) atoms. The quantitative estimate of drug-likeness (QED) is 0.686. The summed E-state index contributed by atoms with van der Waals surface area (Å²) in [5.41, 5.74) is 0. The zero-order valence-corrected chi connectivity index (χ0v) is 7.82. The second-order valence-electron chi connectivity index (χ2n) is 2.01. The van der Waals surface area contributed by atoms with Crippen molar-refractivity contribution in [1.29, 1.82) is 0 Å². The molecule has 5 heteroatoms. The molecule has 0 amide bonds. The van der Waals surface area contributed by atoms with Gasteiger partial charge in [0.15, 0.2) is 0 Å². The van der Waals surface area contributed by atoms with Crippen molar-refractivity contribution in [3.8, 4) is 5.75 Å². The normalized spacial score (nSPS) is 11.2. The summed E-state index contributed by atoms with van der Waals surface area (Å²) in [7, 11) is 2.76. The average Bonchev–Trinajstić information content (AvgIpc) is 2.03. The zero-order valence-electron chi connectivity index (χ0n) is 6.24. The van der Waals surface area contributed by atoms with Gasteiger partial charge in [0.05, 0.1) is 7.11 Å². The van der Waals surface area contributed by atoms with Gasteiger partial charge in [0.1, 0.15) is 10.6 Å². The van der Waals surface area contributed by atoms with Crippen molar-refractivity contribution in [2.75, 3.05) is 7.11 Å². The number of rotatable bonds is 2. The first kappa shape index (κ1) is 9.35. The van der Waals surface area contributed by atoms with Crippen LogP contribution in [-0.2, 0) is 9.05 Å². The predicted molar refractivity (Wildman–Crippen MR) is 44.9 cm³/mol. The summed E-state index contributed by atoms with van der Waals surface area (Å²) in [6.45, 7) is 0. The number of hydrogen-bond donors (Lipinski definition) is 0. The van der Waals surface area contributed by atoms with E-state index in [-0.39, 0.29) is 10.6 Å². The highest BCUT2D eigenvalue weighted by molar-refractivity contribution is 8.13. The Morgan fingerprint density at radius 3 is 2.67 bits per heavy atom. The Kier molecular flexibility index (Phi) is 2.59. The lowest BCUT2D eigenvalue weighted by Crippen LogP contribution is -1.95. The van der Waals surface area contributed by atoms with E-state index in [1.165, 1.54) is 19.2 Å². The fourth-order valence-corrected chi connectivity index (χ4v) is 1.72. The standard InChI is InChI=1S/C7H6ClO3S/c1-11-6-4-2-3-5-7(6)12(8,9)10/h2,4-5H,1H3. The molecule has 0 unspecified atom stereocenters. The molecular formula is C7H6ClO3S. The van der Waals surface area contributed by atoms with Crippen LogP contribution in [0.15, 0.2) is 23.1 Å². The number of benzene rings is 1. The first-order valence-corrected chi connectivity index (χ1v) is 5.35. The third-order valence-corrected chi connectivity index (χ3v) is 2.61. The molecule has 0 heterocycles. The molecule has 3 nitrogen and oxygen atoms in total. The van der Waals surface area contributed by atoms with E-state index in [9.17, 15) is 8.42 Å². The predicted octanol–water partition coefficient (Wildman–Crippen LogP) is 1.42. The smallest absolute Gasteiger partial charge is 0.265 e. The molecule has 0 aliphatic carbocycles. The number of ether oxygens (including phenoxy) is 1. The maximum atomic E-state index is 10.9. The highest BCUT2D eigenvalue weighted by Gasteiger charge is 2.14. The summed E-state index contributed by atoms with van der Waals surface area (Å²) in [4.78, 5) is -0.0610. The molecule has 0 aromatic heterocycles. The molecule has 0 aliphatic rings. The molecule has 0 bridgehead atoms. The van der Waals surface area contributed by atoms with Gasteiger partial charge < -0.3 is 4.74 Å². The SMILES string of the molecule is COc1cc[c]cc1S(=O)(=O)Cl. The van der Waals surface area contributed by atoms with Crippen molar-refractivity contribution in [3.05, 3.63) is 24.3 Å². The zero-order chi connectivity index (χ0) is 9.19. The van der Waals surface area contributed by atoms with Crippen molar-refractivity contribution in [2.45, 2.75) is 4.90 Å². The van der Waals surface area contributed by atoms with Gasteiger partial charge in [-0.25, -0.2) is 8.42 Å². The largest absolute Gasteiger partial charge is 0.495 e. The molecule has 1 radical (unpaired) electrons. The van der Waals surface area contributed by atoms with Gasteiger partial charge >= 0.3 is 0 Å². The maximum absolute atomic E-state index is 10.9. The van der Waals surface area contributed by atoms with E-state index in [1.54, 1.807) is 6.07 Å². The summed E-state index contributed by atoms with van der Waals surface area (Å²) in [6.07, 6.45) is 0. The summed E-state index contributed by atoms with van der Waals surface area (Å²) in [5.74, 6) is 0.226. The van der Waals surface area contributed by atoms with Gasteiger partial charge in [0.25, 0.3) is 9.05 Å². The van der Waals surface area contributed by atoms with Crippen LogP contribution in [0.1, 0.15) is 0 Å². The third-order valence-electron chi connectivity index (χ3n) is 1.27. The van der Waals surface area contributed by atoms with E-state index in [1.807, 2.05) is 0 Å². The average molecular weight is 206 g/mol. The lowest BCUT2D eigenvalue weighted by Gasteiger charge is -2.02. The molecule has 0 aliphatic heterocycles. The van der Waals surface area contributed by atoms with Crippen LogP contribution >= 0.6 is 10.7 Å². The minimum Gasteiger partial charge on any atom is -0.495 e. The van der Waals surface area contributed by atoms with Crippen molar-refractivity contribution >= 4 is 19.7 Å². The first-order valence-electron chi connectivity index (χ1n) is 3.04. The Morgan fingerprint density at radius 1 is 1.58 bits per heavy atom. The summed E-state index contributed by atoms with van der Waals surface area (Å²) in [6, 6.07) is 6.89. The fraction of sp³-hybridized carbons (Fsp3) is 0.143. The van der Waals surface area contributed by atoms with E-state index < -0.39 is 9.05 Å². The van der Waals surface area contributed by atoms with Gasteiger partial charge in [-0.2, -0.15) is 0 Å². The van der Waals surface area contributed by atoms with Gasteiger partial charge in [-0.3, -0.25) is 0 Å². The molecule has 1 aromatic rings. The minimum atomic E-state index is -3.73.